The van der Waals surface area contributed by atoms with E-state index in [2.05, 4.69) is 36.3 Å². The maximum Gasteiger partial charge on any atom is 0.0193 e. The molecule has 0 aromatic rings. The van der Waals surface area contributed by atoms with Gasteiger partial charge in [0.2, 0.25) is 0 Å². The molecule has 0 radical (unpaired) electrons. The summed E-state index contributed by atoms with van der Waals surface area (Å²) in [5.74, 6) is 0.812. The summed E-state index contributed by atoms with van der Waals surface area (Å²) in [4.78, 5) is 2.57. The zero-order chi connectivity index (χ0) is 11.1. The molecule has 2 N–H and O–H groups in total. The van der Waals surface area contributed by atoms with E-state index < -0.39 is 0 Å². The molecule has 0 bridgehead atoms. The molecular formula is C12H27N3. The Balaban J connectivity index is 2.04. The van der Waals surface area contributed by atoms with Crippen LogP contribution in [0, 0.1) is 5.92 Å². The van der Waals surface area contributed by atoms with Gasteiger partial charge >= 0.3 is 0 Å². The zero-order valence-corrected chi connectivity index (χ0v) is 10.6. The van der Waals surface area contributed by atoms with E-state index in [1.807, 2.05) is 0 Å². The van der Waals surface area contributed by atoms with Crippen LogP contribution in [0.15, 0.2) is 0 Å². The molecule has 15 heavy (non-hydrogen) atoms. The highest BCUT2D eigenvalue weighted by Crippen LogP contribution is 2.00. The van der Waals surface area contributed by atoms with Crippen LogP contribution < -0.4 is 10.6 Å². The van der Waals surface area contributed by atoms with E-state index in [4.69, 9.17) is 0 Å². The molecule has 1 heterocycles. The largest absolute Gasteiger partial charge is 0.315 e. The van der Waals surface area contributed by atoms with Gasteiger partial charge < -0.3 is 10.6 Å². The van der Waals surface area contributed by atoms with Gasteiger partial charge in [0.05, 0.1) is 0 Å². The number of nitrogens with one attached hydrogen (secondary N) is 2. The van der Waals surface area contributed by atoms with E-state index in [9.17, 15) is 0 Å². The lowest BCUT2D eigenvalue weighted by Gasteiger charge is -2.33. The summed E-state index contributed by atoms with van der Waals surface area (Å²) in [6.45, 7) is 13.9. The predicted octanol–water partition coefficient (Wildman–Crippen LogP) is 0.916. The third-order valence-electron chi connectivity index (χ3n) is 3.11. The summed E-state index contributed by atoms with van der Waals surface area (Å²) < 4.78 is 0. The summed E-state index contributed by atoms with van der Waals surface area (Å²) in [6, 6.07) is 0.680. The smallest absolute Gasteiger partial charge is 0.0193 e. The van der Waals surface area contributed by atoms with E-state index in [0.29, 0.717) is 6.04 Å². The summed E-state index contributed by atoms with van der Waals surface area (Å²) in [5.41, 5.74) is 0. The molecular weight excluding hydrogens is 186 g/mol. The van der Waals surface area contributed by atoms with Crippen LogP contribution in [0.4, 0.5) is 0 Å². The van der Waals surface area contributed by atoms with Crippen molar-refractivity contribution in [2.24, 2.45) is 5.92 Å². The second-order valence-corrected chi connectivity index (χ2v) is 5.02. The summed E-state index contributed by atoms with van der Waals surface area (Å²) >= 11 is 0. The number of piperazine rings is 1. The lowest BCUT2D eigenvalue weighted by Crippen LogP contribution is -2.50. The molecule has 3 heteroatoms. The maximum absolute atomic E-state index is 3.55. The normalized spacial score (nSPS) is 20.8. The molecule has 1 atom stereocenters. The van der Waals surface area contributed by atoms with Crippen molar-refractivity contribution in [3.63, 3.8) is 0 Å². The van der Waals surface area contributed by atoms with Gasteiger partial charge in [-0.15, -0.1) is 0 Å². The van der Waals surface area contributed by atoms with Crippen LogP contribution >= 0.6 is 0 Å². The fourth-order valence-electron chi connectivity index (χ4n) is 1.95. The molecule has 1 rings (SSSR count). The van der Waals surface area contributed by atoms with Crippen molar-refractivity contribution < 1.29 is 0 Å². The van der Waals surface area contributed by atoms with Crippen LogP contribution in [-0.4, -0.2) is 50.2 Å². The van der Waals surface area contributed by atoms with Crippen LogP contribution in [0.1, 0.15) is 27.2 Å². The molecule has 1 aliphatic heterocycles. The van der Waals surface area contributed by atoms with Gasteiger partial charge in [0, 0.05) is 38.8 Å². The van der Waals surface area contributed by atoms with E-state index in [-0.39, 0.29) is 0 Å². The van der Waals surface area contributed by atoms with Crippen molar-refractivity contribution in [1.82, 2.24) is 15.5 Å². The average Bonchev–Trinajstić information content (AvgIpc) is 2.25. The molecule has 1 saturated heterocycles. The number of hydrogen-bond acceptors (Lipinski definition) is 3. The van der Waals surface area contributed by atoms with E-state index in [1.165, 1.54) is 19.5 Å². The Labute approximate surface area is 94.6 Å². The minimum Gasteiger partial charge on any atom is -0.315 e. The van der Waals surface area contributed by atoms with Crippen molar-refractivity contribution in [2.75, 3.05) is 39.3 Å². The van der Waals surface area contributed by atoms with Gasteiger partial charge in [0.15, 0.2) is 0 Å². The average molecular weight is 213 g/mol. The summed E-state index contributed by atoms with van der Waals surface area (Å²) in [5, 5.41) is 6.94. The third kappa shape index (κ3) is 5.50. The second kappa shape index (κ2) is 7.20. The molecule has 90 valence electrons. The Morgan fingerprint density at radius 2 is 1.87 bits per heavy atom. The Morgan fingerprint density at radius 3 is 2.47 bits per heavy atom. The second-order valence-electron chi connectivity index (χ2n) is 5.02. The Morgan fingerprint density at radius 1 is 1.20 bits per heavy atom. The van der Waals surface area contributed by atoms with Crippen molar-refractivity contribution in [1.29, 1.82) is 0 Å². The highest BCUT2D eigenvalue weighted by molar-refractivity contribution is 4.74. The van der Waals surface area contributed by atoms with Crippen molar-refractivity contribution in [2.45, 2.75) is 33.2 Å². The molecule has 0 saturated carbocycles. The molecule has 0 spiro atoms. The first-order valence-corrected chi connectivity index (χ1v) is 6.35. The van der Waals surface area contributed by atoms with Gasteiger partial charge in [-0.1, -0.05) is 13.8 Å². The number of nitrogens with zero attached hydrogens (tertiary/aromatic N) is 1. The highest BCUT2D eigenvalue weighted by atomic mass is 15.2. The Kier molecular flexibility index (Phi) is 6.22. The molecule has 0 aromatic heterocycles. The van der Waals surface area contributed by atoms with Gasteiger partial charge in [-0.05, 0) is 25.8 Å². The lowest BCUT2D eigenvalue weighted by atomic mass is 10.1. The topological polar surface area (TPSA) is 27.3 Å². The molecule has 1 aliphatic rings. The van der Waals surface area contributed by atoms with Crippen molar-refractivity contribution in [3.05, 3.63) is 0 Å². The van der Waals surface area contributed by atoms with Crippen LogP contribution in [0.2, 0.25) is 0 Å². The third-order valence-corrected chi connectivity index (χ3v) is 3.11. The number of rotatable bonds is 6. The van der Waals surface area contributed by atoms with Gasteiger partial charge in [-0.25, -0.2) is 0 Å². The fourth-order valence-corrected chi connectivity index (χ4v) is 1.95. The molecule has 3 nitrogen and oxygen atoms in total. The highest BCUT2D eigenvalue weighted by Gasteiger charge is 2.15. The zero-order valence-electron chi connectivity index (χ0n) is 10.6. The van der Waals surface area contributed by atoms with Gasteiger partial charge in [0.25, 0.3) is 0 Å². The van der Waals surface area contributed by atoms with Gasteiger partial charge in [-0.2, -0.15) is 0 Å². The first kappa shape index (κ1) is 12.9. The summed E-state index contributed by atoms with van der Waals surface area (Å²) in [6.07, 6.45) is 1.29. The monoisotopic (exact) mass is 213 g/mol. The molecule has 0 aliphatic carbocycles. The van der Waals surface area contributed by atoms with Gasteiger partial charge in [-0.3, -0.25) is 4.90 Å². The van der Waals surface area contributed by atoms with E-state index in [0.717, 1.165) is 32.1 Å². The van der Waals surface area contributed by atoms with Crippen molar-refractivity contribution in [3.8, 4) is 0 Å². The predicted molar refractivity (Wildman–Crippen MR) is 66.2 cm³/mol. The van der Waals surface area contributed by atoms with Crippen LogP contribution in [0.25, 0.3) is 0 Å². The van der Waals surface area contributed by atoms with Crippen LogP contribution in [-0.2, 0) is 0 Å². The minimum absolute atomic E-state index is 0.680. The minimum atomic E-state index is 0.680. The van der Waals surface area contributed by atoms with Crippen LogP contribution in [0.3, 0.4) is 0 Å². The van der Waals surface area contributed by atoms with Crippen molar-refractivity contribution >= 4 is 0 Å². The van der Waals surface area contributed by atoms with Gasteiger partial charge in [0.1, 0.15) is 0 Å². The Hall–Kier alpha value is -0.120. The van der Waals surface area contributed by atoms with E-state index in [1.54, 1.807) is 0 Å². The standard InChI is InChI=1S/C12H27N3/c1-11(2)4-5-14-10-12(3)15-8-6-13-7-9-15/h11-14H,4-10H2,1-3H3. The van der Waals surface area contributed by atoms with E-state index >= 15 is 0 Å². The number of hydrogen-bond donors (Lipinski definition) is 2. The maximum atomic E-state index is 3.55. The first-order chi connectivity index (χ1) is 7.20. The molecule has 1 unspecified atom stereocenters. The Bertz CT molecular complexity index is 153. The molecule has 0 aromatic carbocycles. The summed E-state index contributed by atoms with van der Waals surface area (Å²) in [7, 11) is 0. The molecule has 1 fully saturated rings. The first-order valence-electron chi connectivity index (χ1n) is 6.35. The molecule has 0 amide bonds. The SMILES string of the molecule is CC(C)CCNCC(C)N1CCNCC1. The lowest BCUT2D eigenvalue weighted by molar-refractivity contribution is 0.180. The fraction of sp³-hybridized carbons (Fsp3) is 1.00. The van der Waals surface area contributed by atoms with Crippen LogP contribution in [0.5, 0.6) is 0 Å². The quantitative estimate of drug-likeness (QED) is 0.642.